The van der Waals surface area contributed by atoms with Crippen LogP contribution in [0.25, 0.3) is 10.9 Å². The Labute approximate surface area is 113 Å². The second-order valence-electron chi connectivity index (χ2n) is 5.43. The molecule has 1 fully saturated rings. The largest absolute Gasteiger partial charge is 0.347 e. The molecule has 0 spiro atoms. The topological polar surface area (TPSA) is 34.0 Å². The first-order chi connectivity index (χ1) is 9.20. The third-order valence-electron chi connectivity index (χ3n) is 4.36. The summed E-state index contributed by atoms with van der Waals surface area (Å²) < 4.78 is 2.13. The predicted molar refractivity (Wildman–Crippen MR) is 77.6 cm³/mol. The molecule has 0 amide bonds. The lowest BCUT2D eigenvalue weighted by Gasteiger charge is -2.21. The molecular formula is C16H20N2O. The minimum Gasteiger partial charge on any atom is -0.347 e. The maximum Gasteiger partial charge on any atom is 0.168 e. The molecule has 3 nitrogen and oxygen atoms in total. The molecule has 2 aromatic rings. The number of Topliss-reactive ketones (excluding diaryl/α,β-unsaturated/α-hetero) is 1. The summed E-state index contributed by atoms with van der Waals surface area (Å²) in [6.45, 7) is 3.97. The predicted octanol–water partition coefficient (Wildman–Crippen LogP) is 2.67. The van der Waals surface area contributed by atoms with Crippen molar-refractivity contribution in [2.45, 2.75) is 19.8 Å². The van der Waals surface area contributed by atoms with Crippen molar-refractivity contribution in [1.82, 2.24) is 9.88 Å². The van der Waals surface area contributed by atoms with Crippen LogP contribution in [0, 0.1) is 12.8 Å². The van der Waals surface area contributed by atoms with Gasteiger partial charge in [0.2, 0.25) is 0 Å². The molecule has 1 aromatic carbocycles. The molecule has 1 aromatic heterocycles. The first kappa shape index (κ1) is 12.4. The zero-order valence-electron chi connectivity index (χ0n) is 11.6. The standard InChI is InChI=1S/C16H20N2O/c1-11-15(16(19)12-7-9-17-10-8-12)13-5-3-4-6-14(13)18(11)2/h3-6,12,17H,7-10H2,1-2H3. The Morgan fingerprint density at radius 1 is 1.26 bits per heavy atom. The number of benzene rings is 1. The van der Waals surface area contributed by atoms with Gasteiger partial charge in [-0.1, -0.05) is 18.2 Å². The quantitative estimate of drug-likeness (QED) is 0.838. The fourth-order valence-corrected chi connectivity index (χ4v) is 3.12. The van der Waals surface area contributed by atoms with E-state index in [0.717, 1.165) is 48.1 Å². The molecule has 2 heterocycles. The zero-order valence-corrected chi connectivity index (χ0v) is 11.6. The van der Waals surface area contributed by atoms with Gasteiger partial charge in [0.15, 0.2) is 5.78 Å². The second-order valence-corrected chi connectivity index (χ2v) is 5.43. The highest BCUT2D eigenvalue weighted by Gasteiger charge is 2.26. The highest BCUT2D eigenvalue weighted by Crippen LogP contribution is 2.29. The summed E-state index contributed by atoms with van der Waals surface area (Å²) in [4.78, 5) is 12.8. The Morgan fingerprint density at radius 3 is 2.68 bits per heavy atom. The number of piperidine rings is 1. The number of hydrogen-bond acceptors (Lipinski definition) is 2. The summed E-state index contributed by atoms with van der Waals surface area (Å²) >= 11 is 0. The molecule has 1 aliphatic rings. The van der Waals surface area contributed by atoms with Gasteiger partial charge >= 0.3 is 0 Å². The number of nitrogens with zero attached hydrogens (tertiary/aromatic N) is 1. The summed E-state index contributed by atoms with van der Waals surface area (Å²) in [5.74, 6) is 0.515. The molecule has 3 rings (SSSR count). The van der Waals surface area contributed by atoms with Crippen LogP contribution >= 0.6 is 0 Å². The smallest absolute Gasteiger partial charge is 0.168 e. The number of nitrogens with one attached hydrogen (secondary N) is 1. The molecule has 0 atom stereocenters. The van der Waals surface area contributed by atoms with Crippen LogP contribution in [0.2, 0.25) is 0 Å². The van der Waals surface area contributed by atoms with E-state index >= 15 is 0 Å². The number of para-hydroxylation sites is 1. The first-order valence-corrected chi connectivity index (χ1v) is 6.99. The number of aryl methyl sites for hydroxylation is 1. The van der Waals surface area contributed by atoms with Gasteiger partial charge in [0.05, 0.1) is 0 Å². The van der Waals surface area contributed by atoms with E-state index in [1.54, 1.807) is 0 Å². The van der Waals surface area contributed by atoms with Crippen LogP contribution in [0.15, 0.2) is 24.3 Å². The number of aromatic nitrogens is 1. The van der Waals surface area contributed by atoms with Gasteiger partial charge in [-0.25, -0.2) is 0 Å². The van der Waals surface area contributed by atoms with Crippen LogP contribution in [-0.4, -0.2) is 23.4 Å². The van der Waals surface area contributed by atoms with E-state index in [9.17, 15) is 4.79 Å². The SMILES string of the molecule is Cc1c(C(=O)C2CCNCC2)c2ccccc2n1C. The number of rotatable bonds is 2. The Balaban J connectivity index is 2.09. The van der Waals surface area contributed by atoms with Crippen LogP contribution in [0.3, 0.4) is 0 Å². The van der Waals surface area contributed by atoms with E-state index < -0.39 is 0 Å². The fourth-order valence-electron chi connectivity index (χ4n) is 3.12. The highest BCUT2D eigenvalue weighted by atomic mass is 16.1. The van der Waals surface area contributed by atoms with Crippen molar-refractivity contribution in [3.8, 4) is 0 Å². The molecule has 1 N–H and O–H groups in total. The van der Waals surface area contributed by atoms with Gasteiger partial charge in [-0.15, -0.1) is 0 Å². The third-order valence-corrected chi connectivity index (χ3v) is 4.36. The fraction of sp³-hybridized carbons (Fsp3) is 0.438. The van der Waals surface area contributed by atoms with Gasteiger partial charge in [0, 0.05) is 35.1 Å². The number of carbonyl (C=O) groups excluding carboxylic acids is 1. The van der Waals surface area contributed by atoms with E-state index in [1.165, 1.54) is 0 Å². The highest BCUT2D eigenvalue weighted by molar-refractivity contribution is 6.10. The van der Waals surface area contributed by atoms with Crippen molar-refractivity contribution in [3.63, 3.8) is 0 Å². The van der Waals surface area contributed by atoms with Gasteiger partial charge in [0.1, 0.15) is 0 Å². The van der Waals surface area contributed by atoms with Crippen molar-refractivity contribution in [2.24, 2.45) is 13.0 Å². The van der Waals surface area contributed by atoms with Crippen molar-refractivity contribution >= 4 is 16.7 Å². The molecule has 0 saturated carbocycles. The normalized spacial score (nSPS) is 16.9. The van der Waals surface area contributed by atoms with Gasteiger partial charge in [-0.3, -0.25) is 4.79 Å². The van der Waals surface area contributed by atoms with E-state index in [0.29, 0.717) is 5.78 Å². The van der Waals surface area contributed by atoms with Crippen molar-refractivity contribution in [2.75, 3.05) is 13.1 Å². The van der Waals surface area contributed by atoms with Gasteiger partial charge < -0.3 is 9.88 Å². The maximum atomic E-state index is 12.8. The second kappa shape index (κ2) is 4.82. The van der Waals surface area contributed by atoms with Gasteiger partial charge in [-0.05, 0) is 38.9 Å². The summed E-state index contributed by atoms with van der Waals surface area (Å²) in [7, 11) is 2.04. The van der Waals surface area contributed by atoms with E-state index in [-0.39, 0.29) is 5.92 Å². The number of fused-ring (bicyclic) bond motifs is 1. The van der Waals surface area contributed by atoms with E-state index in [4.69, 9.17) is 0 Å². The lowest BCUT2D eigenvalue weighted by atomic mass is 9.88. The molecule has 1 aliphatic heterocycles. The summed E-state index contributed by atoms with van der Waals surface area (Å²) in [5.41, 5.74) is 3.17. The van der Waals surface area contributed by atoms with Crippen LogP contribution in [-0.2, 0) is 7.05 Å². The van der Waals surface area contributed by atoms with E-state index in [2.05, 4.69) is 22.0 Å². The van der Waals surface area contributed by atoms with E-state index in [1.807, 2.05) is 26.1 Å². The number of hydrogen-bond donors (Lipinski definition) is 1. The first-order valence-electron chi connectivity index (χ1n) is 6.99. The zero-order chi connectivity index (χ0) is 13.4. The average Bonchev–Trinajstić information content (AvgIpc) is 2.72. The minimum absolute atomic E-state index is 0.186. The number of carbonyl (C=O) groups is 1. The Kier molecular flexibility index (Phi) is 3.15. The summed E-state index contributed by atoms with van der Waals surface area (Å²) in [5, 5.41) is 4.42. The lowest BCUT2D eigenvalue weighted by molar-refractivity contribution is 0.0896. The minimum atomic E-state index is 0.186. The van der Waals surface area contributed by atoms with Crippen molar-refractivity contribution in [3.05, 3.63) is 35.5 Å². The Bertz CT molecular complexity index is 621. The Morgan fingerprint density at radius 2 is 1.95 bits per heavy atom. The van der Waals surface area contributed by atoms with Crippen LogP contribution in [0.4, 0.5) is 0 Å². The van der Waals surface area contributed by atoms with Crippen molar-refractivity contribution in [1.29, 1.82) is 0 Å². The molecule has 1 saturated heterocycles. The molecule has 19 heavy (non-hydrogen) atoms. The van der Waals surface area contributed by atoms with Gasteiger partial charge in [0.25, 0.3) is 0 Å². The molecule has 0 unspecified atom stereocenters. The third kappa shape index (κ3) is 1.98. The maximum absolute atomic E-state index is 12.8. The lowest BCUT2D eigenvalue weighted by Crippen LogP contribution is -2.32. The van der Waals surface area contributed by atoms with Crippen molar-refractivity contribution < 1.29 is 4.79 Å². The molecular weight excluding hydrogens is 236 g/mol. The molecule has 100 valence electrons. The monoisotopic (exact) mass is 256 g/mol. The molecule has 3 heteroatoms. The molecule has 0 radical (unpaired) electrons. The Hall–Kier alpha value is -1.61. The average molecular weight is 256 g/mol. The summed E-state index contributed by atoms with van der Waals surface area (Å²) in [6.07, 6.45) is 1.92. The van der Waals surface area contributed by atoms with Crippen LogP contribution in [0.5, 0.6) is 0 Å². The van der Waals surface area contributed by atoms with Crippen LogP contribution < -0.4 is 5.32 Å². The van der Waals surface area contributed by atoms with Crippen LogP contribution in [0.1, 0.15) is 28.9 Å². The van der Waals surface area contributed by atoms with Gasteiger partial charge in [-0.2, -0.15) is 0 Å². The molecule has 0 aliphatic carbocycles. The number of ketones is 1. The molecule has 0 bridgehead atoms. The summed E-state index contributed by atoms with van der Waals surface area (Å²) in [6, 6.07) is 8.19.